The van der Waals surface area contributed by atoms with Crippen LogP contribution in [0.1, 0.15) is 30.5 Å². The summed E-state index contributed by atoms with van der Waals surface area (Å²) in [4.78, 5) is 23.6. The Kier molecular flexibility index (Phi) is 6.82. The van der Waals surface area contributed by atoms with E-state index in [1.807, 2.05) is 49.4 Å². The van der Waals surface area contributed by atoms with Crippen LogP contribution in [-0.4, -0.2) is 18.5 Å². The number of benzene rings is 2. The van der Waals surface area contributed by atoms with Crippen molar-refractivity contribution in [3.05, 3.63) is 70.7 Å². The molecule has 1 amide bonds. The third kappa shape index (κ3) is 6.05. The van der Waals surface area contributed by atoms with Gasteiger partial charge in [-0.05, 0) is 36.6 Å². The van der Waals surface area contributed by atoms with Gasteiger partial charge in [-0.25, -0.2) is 0 Å². The van der Waals surface area contributed by atoms with Gasteiger partial charge in [0.05, 0.1) is 6.04 Å². The van der Waals surface area contributed by atoms with Crippen LogP contribution < -0.4 is 5.32 Å². The van der Waals surface area contributed by atoms with Gasteiger partial charge in [-0.2, -0.15) is 0 Å². The minimum atomic E-state index is -0.381. The number of nitrogens with one attached hydrogen (secondary N) is 1. The van der Waals surface area contributed by atoms with Crippen molar-refractivity contribution in [3.8, 4) is 0 Å². The fraction of sp³-hybridized carbons (Fsp3) is 0.263. The summed E-state index contributed by atoms with van der Waals surface area (Å²) in [6.45, 7) is 1.59. The Labute approximate surface area is 146 Å². The SMILES string of the molecule is C[C@@H](NC(=O)COC(=O)CCc1ccccc1)c1ccc(Cl)cc1. The minimum Gasteiger partial charge on any atom is -0.456 e. The molecule has 0 unspecified atom stereocenters. The second kappa shape index (κ2) is 9.08. The van der Waals surface area contributed by atoms with E-state index in [-0.39, 0.29) is 30.9 Å². The highest BCUT2D eigenvalue weighted by Crippen LogP contribution is 2.15. The largest absolute Gasteiger partial charge is 0.456 e. The number of ether oxygens (including phenoxy) is 1. The number of hydrogen-bond acceptors (Lipinski definition) is 3. The molecule has 0 fully saturated rings. The van der Waals surface area contributed by atoms with Gasteiger partial charge in [0.2, 0.25) is 0 Å². The summed E-state index contributed by atoms with van der Waals surface area (Å²) >= 11 is 5.84. The highest BCUT2D eigenvalue weighted by atomic mass is 35.5. The van der Waals surface area contributed by atoms with Crippen molar-refractivity contribution in [2.75, 3.05) is 6.61 Å². The first kappa shape index (κ1) is 18.0. The Bertz CT molecular complexity index is 671. The molecule has 0 heterocycles. The van der Waals surface area contributed by atoms with Gasteiger partial charge in [0.25, 0.3) is 5.91 Å². The van der Waals surface area contributed by atoms with E-state index in [1.54, 1.807) is 12.1 Å². The van der Waals surface area contributed by atoms with Gasteiger partial charge in [-0.15, -0.1) is 0 Å². The summed E-state index contributed by atoms with van der Waals surface area (Å²) < 4.78 is 5.01. The maximum absolute atomic E-state index is 11.9. The van der Waals surface area contributed by atoms with Gasteiger partial charge in [-0.1, -0.05) is 54.1 Å². The van der Waals surface area contributed by atoms with Crippen molar-refractivity contribution in [1.29, 1.82) is 0 Å². The fourth-order valence-electron chi connectivity index (χ4n) is 2.23. The Morgan fingerprint density at radius 2 is 1.75 bits per heavy atom. The first-order valence-corrected chi connectivity index (χ1v) is 8.17. The molecule has 0 saturated carbocycles. The zero-order valence-corrected chi connectivity index (χ0v) is 14.3. The van der Waals surface area contributed by atoms with E-state index in [1.165, 1.54) is 0 Å². The van der Waals surface area contributed by atoms with E-state index in [2.05, 4.69) is 5.32 Å². The molecule has 0 bridgehead atoms. The van der Waals surface area contributed by atoms with Gasteiger partial charge in [0.1, 0.15) is 0 Å². The molecular formula is C19H20ClNO3. The molecule has 1 atom stereocenters. The summed E-state index contributed by atoms with van der Waals surface area (Å²) in [7, 11) is 0. The van der Waals surface area contributed by atoms with Crippen LogP contribution in [0, 0.1) is 0 Å². The third-order valence-corrected chi connectivity index (χ3v) is 3.82. The lowest BCUT2D eigenvalue weighted by atomic mass is 10.1. The van der Waals surface area contributed by atoms with Crippen molar-refractivity contribution >= 4 is 23.5 Å². The Hall–Kier alpha value is -2.33. The zero-order valence-electron chi connectivity index (χ0n) is 13.5. The van der Waals surface area contributed by atoms with E-state index < -0.39 is 0 Å². The number of rotatable bonds is 7. The molecule has 0 aliphatic rings. The average Bonchev–Trinajstić information content (AvgIpc) is 2.59. The number of carbonyl (C=O) groups is 2. The molecule has 2 rings (SSSR count). The summed E-state index contributed by atoms with van der Waals surface area (Å²) in [6, 6.07) is 16.7. The molecule has 0 spiro atoms. The molecule has 2 aromatic carbocycles. The first-order valence-electron chi connectivity index (χ1n) is 7.79. The highest BCUT2D eigenvalue weighted by molar-refractivity contribution is 6.30. The van der Waals surface area contributed by atoms with E-state index >= 15 is 0 Å². The molecule has 2 aromatic rings. The van der Waals surface area contributed by atoms with Crippen LogP contribution in [0.2, 0.25) is 5.02 Å². The molecule has 0 saturated heterocycles. The van der Waals surface area contributed by atoms with E-state index in [0.29, 0.717) is 11.4 Å². The summed E-state index contributed by atoms with van der Waals surface area (Å²) in [5, 5.41) is 3.43. The number of carbonyl (C=O) groups excluding carboxylic acids is 2. The molecule has 0 aromatic heterocycles. The summed E-state index contributed by atoms with van der Waals surface area (Å²) in [6.07, 6.45) is 0.854. The van der Waals surface area contributed by atoms with Crippen LogP contribution in [0.15, 0.2) is 54.6 Å². The molecule has 126 valence electrons. The van der Waals surface area contributed by atoms with Crippen molar-refractivity contribution in [1.82, 2.24) is 5.32 Å². The van der Waals surface area contributed by atoms with Crippen LogP contribution >= 0.6 is 11.6 Å². The topological polar surface area (TPSA) is 55.4 Å². The van der Waals surface area contributed by atoms with E-state index in [4.69, 9.17) is 16.3 Å². The monoisotopic (exact) mass is 345 g/mol. The van der Waals surface area contributed by atoms with Crippen molar-refractivity contribution < 1.29 is 14.3 Å². The Morgan fingerprint density at radius 3 is 2.42 bits per heavy atom. The van der Waals surface area contributed by atoms with Crippen LogP contribution in [0.25, 0.3) is 0 Å². The maximum Gasteiger partial charge on any atom is 0.306 e. The molecule has 0 aliphatic heterocycles. The van der Waals surface area contributed by atoms with Gasteiger partial charge in [0, 0.05) is 11.4 Å². The predicted molar refractivity (Wildman–Crippen MR) is 93.7 cm³/mol. The van der Waals surface area contributed by atoms with Crippen LogP contribution in [0.4, 0.5) is 0 Å². The van der Waals surface area contributed by atoms with Crippen molar-refractivity contribution in [2.24, 2.45) is 0 Å². The van der Waals surface area contributed by atoms with Gasteiger partial charge in [0.15, 0.2) is 6.61 Å². The number of halogens is 1. The van der Waals surface area contributed by atoms with Gasteiger partial charge < -0.3 is 10.1 Å². The van der Waals surface area contributed by atoms with Crippen LogP contribution in [0.3, 0.4) is 0 Å². The molecule has 1 N–H and O–H groups in total. The number of esters is 1. The Morgan fingerprint density at radius 1 is 1.08 bits per heavy atom. The minimum absolute atomic E-state index is 0.183. The van der Waals surface area contributed by atoms with Crippen LogP contribution in [-0.2, 0) is 20.7 Å². The lowest BCUT2D eigenvalue weighted by Crippen LogP contribution is -2.31. The second-order valence-electron chi connectivity index (χ2n) is 5.49. The zero-order chi connectivity index (χ0) is 17.4. The molecule has 0 radical (unpaired) electrons. The van der Waals surface area contributed by atoms with Crippen molar-refractivity contribution in [2.45, 2.75) is 25.8 Å². The first-order chi connectivity index (χ1) is 11.5. The van der Waals surface area contributed by atoms with Gasteiger partial charge in [-0.3, -0.25) is 9.59 Å². The number of amides is 1. The summed E-state index contributed by atoms with van der Waals surface area (Å²) in [5.41, 5.74) is 2.00. The fourth-order valence-corrected chi connectivity index (χ4v) is 2.35. The molecular weight excluding hydrogens is 326 g/mol. The smallest absolute Gasteiger partial charge is 0.306 e. The second-order valence-corrected chi connectivity index (χ2v) is 5.92. The van der Waals surface area contributed by atoms with Crippen LogP contribution in [0.5, 0.6) is 0 Å². The number of aryl methyl sites for hydroxylation is 1. The predicted octanol–water partition coefficient (Wildman–Crippen LogP) is 3.69. The lowest BCUT2D eigenvalue weighted by Gasteiger charge is -2.14. The molecule has 24 heavy (non-hydrogen) atoms. The molecule has 4 nitrogen and oxygen atoms in total. The lowest BCUT2D eigenvalue weighted by molar-refractivity contribution is -0.148. The van der Waals surface area contributed by atoms with Crippen molar-refractivity contribution in [3.63, 3.8) is 0 Å². The standard InChI is InChI=1S/C19H20ClNO3/c1-14(16-8-10-17(20)11-9-16)21-18(22)13-24-19(23)12-7-15-5-3-2-4-6-15/h2-6,8-11,14H,7,12-13H2,1H3,(H,21,22)/t14-/m1/s1. The molecule has 0 aliphatic carbocycles. The average molecular weight is 346 g/mol. The Balaban J connectivity index is 1.70. The van der Waals surface area contributed by atoms with E-state index in [0.717, 1.165) is 11.1 Å². The third-order valence-electron chi connectivity index (χ3n) is 3.57. The molecule has 5 heteroatoms. The van der Waals surface area contributed by atoms with Gasteiger partial charge >= 0.3 is 5.97 Å². The summed E-state index contributed by atoms with van der Waals surface area (Å²) in [5.74, 6) is -0.710. The number of hydrogen-bond donors (Lipinski definition) is 1. The highest BCUT2D eigenvalue weighted by Gasteiger charge is 2.12. The quantitative estimate of drug-likeness (QED) is 0.778. The maximum atomic E-state index is 11.9. The normalized spacial score (nSPS) is 11.6. The van der Waals surface area contributed by atoms with E-state index in [9.17, 15) is 9.59 Å².